The van der Waals surface area contributed by atoms with Crippen molar-refractivity contribution in [1.29, 1.82) is 0 Å². The second-order valence-electron chi connectivity index (χ2n) is 3.82. The van der Waals surface area contributed by atoms with Crippen molar-refractivity contribution >= 4 is 17.4 Å². The second-order valence-corrected chi connectivity index (χ2v) is 4.26. The summed E-state index contributed by atoms with van der Waals surface area (Å²) in [6.07, 6.45) is 1.60. The number of allylic oxidation sites excluding steroid dienone is 1. The number of rotatable bonds is 1. The lowest BCUT2D eigenvalue weighted by atomic mass is 10.1. The maximum absolute atomic E-state index is 11.9. The Bertz CT molecular complexity index is 466. The Morgan fingerprint density at radius 3 is 2.81 bits per heavy atom. The molecule has 1 aromatic rings. The summed E-state index contributed by atoms with van der Waals surface area (Å²) in [5.41, 5.74) is 1.40. The average Bonchev–Trinajstić information content (AvgIpc) is 2.38. The molecule has 0 spiro atoms. The Labute approximate surface area is 99.3 Å². The number of ketones is 1. The van der Waals surface area contributed by atoms with E-state index in [-0.39, 0.29) is 5.78 Å². The van der Waals surface area contributed by atoms with Gasteiger partial charge in [-0.05, 0) is 18.2 Å². The first-order chi connectivity index (χ1) is 7.58. The minimum absolute atomic E-state index is 0.0483. The van der Waals surface area contributed by atoms with E-state index in [0.717, 1.165) is 5.70 Å². The number of likely N-dealkylation sites (N-methyl/N-ethyl adjacent to an activating group) is 1. The lowest BCUT2D eigenvalue weighted by Crippen LogP contribution is -2.17. The molecule has 0 saturated heterocycles. The molecule has 0 unspecified atom stereocenters. The number of ether oxygens (including phenoxy) is 1. The fraction of sp³-hybridized carbons (Fsp3) is 0.250. The number of halogens is 1. The molecule has 0 N–H and O–H groups in total. The average molecular weight is 238 g/mol. The Morgan fingerprint density at radius 1 is 1.38 bits per heavy atom. The van der Waals surface area contributed by atoms with E-state index in [4.69, 9.17) is 16.3 Å². The first-order valence-electron chi connectivity index (χ1n) is 4.92. The molecule has 2 rings (SSSR count). The molecule has 1 heterocycles. The van der Waals surface area contributed by atoms with E-state index in [2.05, 4.69) is 0 Å². The monoisotopic (exact) mass is 237 g/mol. The number of carbonyl (C=O) groups is 1. The summed E-state index contributed by atoms with van der Waals surface area (Å²) in [6.45, 7) is 0.381. The highest BCUT2D eigenvalue weighted by Gasteiger charge is 2.17. The number of carbonyl (C=O) groups excluding carboxylic acids is 1. The molecule has 0 amide bonds. The van der Waals surface area contributed by atoms with E-state index >= 15 is 0 Å². The Hall–Kier alpha value is -1.48. The maximum Gasteiger partial charge on any atom is 0.191 e. The van der Waals surface area contributed by atoms with Gasteiger partial charge in [0, 0.05) is 25.2 Å². The highest BCUT2D eigenvalue weighted by Crippen LogP contribution is 2.27. The lowest BCUT2D eigenvalue weighted by molar-refractivity contribution is 0.104. The van der Waals surface area contributed by atoms with Gasteiger partial charge >= 0.3 is 0 Å². The van der Waals surface area contributed by atoms with Gasteiger partial charge < -0.3 is 9.64 Å². The number of benzene rings is 1. The summed E-state index contributed by atoms with van der Waals surface area (Å²) in [6, 6.07) is 5.05. The van der Waals surface area contributed by atoms with Crippen LogP contribution in [0.2, 0.25) is 5.02 Å². The molecule has 1 aliphatic heterocycles. The fourth-order valence-electron chi connectivity index (χ4n) is 1.50. The van der Waals surface area contributed by atoms with Crippen molar-refractivity contribution in [3.8, 4) is 5.75 Å². The highest BCUT2D eigenvalue weighted by atomic mass is 35.5. The summed E-state index contributed by atoms with van der Waals surface area (Å²) in [5, 5.41) is 0.569. The third-order valence-corrected chi connectivity index (χ3v) is 2.69. The van der Waals surface area contributed by atoms with Crippen molar-refractivity contribution in [1.82, 2.24) is 4.90 Å². The van der Waals surface area contributed by atoms with Crippen molar-refractivity contribution in [2.24, 2.45) is 0 Å². The van der Waals surface area contributed by atoms with E-state index in [1.54, 1.807) is 24.3 Å². The molecule has 0 fully saturated rings. The zero-order valence-electron chi connectivity index (χ0n) is 9.16. The van der Waals surface area contributed by atoms with Gasteiger partial charge in [-0.25, -0.2) is 0 Å². The summed E-state index contributed by atoms with van der Waals surface area (Å²) in [7, 11) is 3.76. The van der Waals surface area contributed by atoms with Crippen molar-refractivity contribution in [3.63, 3.8) is 0 Å². The molecule has 0 bridgehead atoms. The largest absolute Gasteiger partial charge is 0.487 e. The van der Waals surface area contributed by atoms with Crippen LogP contribution in [0.4, 0.5) is 0 Å². The zero-order valence-corrected chi connectivity index (χ0v) is 9.91. The lowest BCUT2D eigenvalue weighted by Gasteiger charge is -2.15. The molecule has 0 radical (unpaired) electrons. The first-order valence-corrected chi connectivity index (χ1v) is 5.30. The Balaban J connectivity index is 2.42. The van der Waals surface area contributed by atoms with Gasteiger partial charge in [0.05, 0.1) is 11.3 Å². The molecule has 16 heavy (non-hydrogen) atoms. The van der Waals surface area contributed by atoms with E-state index < -0.39 is 0 Å². The topological polar surface area (TPSA) is 29.5 Å². The predicted octanol–water partition coefficient (Wildman–Crippen LogP) is 2.36. The molecule has 0 aromatic heterocycles. The molecule has 3 nitrogen and oxygen atoms in total. The highest BCUT2D eigenvalue weighted by molar-refractivity contribution is 6.31. The number of fused-ring (bicyclic) bond motifs is 1. The summed E-state index contributed by atoms with van der Waals surface area (Å²) < 4.78 is 5.56. The van der Waals surface area contributed by atoms with Crippen LogP contribution in [0.15, 0.2) is 30.0 Å². The molecule has 4 heteroatoms. The first kappa shape index (κ1) is 11.0. The number of hydrogen-bond acceptors (Lipinski definition) is 3. The van der Waals surface area contributed by atoms with Gasteiger partial charge in [0.2, 0.25) is 0 Å². The van der Waals surface area contributed by atoms with Crippen LogP contribution in [0.5, 0.6) is 5.75 Å². The standard InChI is InChI=1S/C12H12ClNO2/c1-14(2)9-6-11(15)10-4-3-8(13)5-12(10)16-7-9/h3-6H,7H2,1-2H3. The maximum atomic E-state index is 11.9. The summed E-state index contributed by atoms with van der Waals surface area (Å²) >= 11 is 5.86. The molecule has 1 aliphatic rings. The van der Waals surface area contributed by atoms with Crippen molar-refractivity contribution in [2.75, 3.05) is 20.7 Å². The van der Waals surface area contributed by atoms with Crippen LogP contribution in [-0.2, 0) is 0 Å². The number of hydrogen-bond donors (Lipinski definition) is 0. The normalized spacial score (nSPS) is 14.7. The third-order valence-electron chi connectivity index (χ3n) is 2.46. The van der Waals surface area contributed by atoms with Crippen LogP contribution < -0.4 is 4.74 Å². The smallest absolute Gasteiger partial charge is 0.191 e. The van der Waals surface area contributed by atoms with Crippen molar-refractivity contribution in [3.05, 3.63) is 40.6 Å². The molecule has 1 aromatic carbocycles. The third kappa shape index (κ3) is 2.04. The van der Waals surface area contributed by atoms with Gasteiger partial charge in [-0.3, -0.25) is 4.79 Å². The molecule has 84 valence electrons. The summed E-state index contributed by atoms with van der Waals surface area (Å²) in [5.74, 6) is 0.499. The van der Waals surface area contributed by atoms with Crippen LogP contribution in [-0.4, -0.2) is 31.4 Å². The second kappa shape index (κ2) is 4.18. The molecular formula is C12H12ClNO2. The molecule has 0 atom stereocenters. The SMILES string of the molecule is CN(C)C1=CC(=O)c2ccc(Cl)cc2OC1. The zero-order chi connectivity index (χ0) is 11.7. The van der Waals surface area contributed by atoms with E-state index in [0.29, 0.717) is 22.9 Å². The van der Waals surface area contributed by atoms with Gasteiger partial charge in [-0.1, -0.05) is 11.6 Å². The van der Waals surface area contributed by atoms with Gasteiger partial charge in [-0.15, -0.1) is 0 Å². The number of nitrogens with zero attached hydrogens (tertiary/aromatic N) is 1. The van der Waals surface area contributed by atoms with E-state index in [9.17, 15) is 4.79 Å². The minimum Gasteiger partial charge on any atom is -0.487 e. The quantitative estimate of drug-likeness (QED) is 0.751. The van der Waals surface area contributed by atoms with Crippen LogP contribution in [0.1, 0.15) is 10.4 Å². The van der Waals surface area contributed by atoms with Crippen LogP contribution in [0.3, 0.4) is 0 Å². The fourth-order valence-corrected chi connectivity index (χ4v) is 1.66. The van der Waals surface area contributed by atoms with Crippen molar-refractivity contribution in [2.45, 2.75) is 0 Å². The van der Waals surface area contributed by atoms with Gasteiger partial charge in [0.25, 0.3) is 0 Å². The van der Waals surface area contributed by atoms with Gasteiger partial charge in [0.15, 0.2) is 5.78 Å². The summed E-state index contributed by atoms with van der Waals surface area (Å²) in [4.78, 5) is 13.8. The predicted molar refractivity (Wildman–Crippen MR) is 63.0 cm³/mol. The molecule has 0 aliphatic carbocycles. The van der Waals surface area contributed by atoms with Crippen LogP contribution >= 0.6 is 11.6 Å². The van der Waals surface area contributed by atoms with Crippen LogP contribution in [0, 0.1) is 0 Å². The van der Waals surface area contributed by atoms with Gasteiger partial charge in [-0.2, -0.15) is 0 Å². The Kier molecular flexibility index (Phi) is 2.88. The van der Waals surface area contributed by atoms with E-state index in [1.165, 1.54) is 0 Å². The van der Waals surface area contributed by atoms with Crippen LogP contribution in [0.25, 0.3) is 0 Å². The van der Waals surface area contributed by atoms with Gasteiger partial charge in [0.1, 0.15) is 12.4 Å². The molecular weight excluding hydrogens is 226 g/mol. The van der Waals surface area contributed by atoms with Crippen molar-refractivity contribution < 1.29 is 9.53 Å². The Morgan fingerprint density at radius 2 is 2.12 bits per heavy atom. The minimum atomic E-state index is -0.0483. The van der Waals surface area contributed by atoms with E-state index in [1.807, 2.05) is 19.0 Å². The molecule has 0 saturated carbocycles.